The number of likely N-dealkylation sites (tertiary alicyclic amines) is 1. The molecule has 126 valence electrons. The lowest BCUT2D eigenvalue weighted by Gasteiger charge is -2.30. The van der Waals surface area contributed by atoms with Gasteiger partial charge >= 0.3 is 0 Å². The average Bonchev–Trinajstić information content (AvgIpc) is 2.47. The fraction of sp³-hybridized carbons (Fsp3) is 0.556. The number of aliphatic hydroxyl groups is 1. The van der Waals surface area contributed by atoms with Gasteiger partial charge in [-0.05, 0) is 49.4 Å². The predicted octanol–water partition coefficient (Wildman–Crippen LogP) is 2.58. The molecule has 0 radical (unpaired) electrons. The number of aliphatic hydroxyl groups excluding tert-OH is 1. The van der Waals surface area contributed by atoms with Crippen LogP contribution < -0.4 is 5.32 Å². The number of aryl methyl sites for hydroxylation is 1. The zero-order chi connectivity index (χ0) is 17.0. The molecule has 2 rings (SSSR count). The highest BCUT2D eigenvalue weighted by molar-refractivity contribution is 5.96. The maximum absolute atomic E-state index is 12.5. The van der Waals surface area contributed by atoms with E-state index in [0.717, 1.165) is 24.1 Å². The van der Waals surface area contributed by atoms with Crippen LogP contribution in [0.25, 0.3) is 0 Å². The Morgan fingerprint density at radius 1 is 1.39 bits per heavy atom. The van der Waals surface area contributed by atoms with E-state index in [-0.39, 0.29) is 11.8 Å². The van der Waals surface area contributed by atoms with Gasteiger partial charge in [0.1, 0.15) is 0 Å². The molecule has 2 amide bonds. The minimum absolute atomic E-state index is 0.0127. The van der Waals surface area contributed by atoms with E-state index in [1.54, 1.807) is 23.1 Å². The fourth-order valence-electron chi connectivity index (χ4n) is 2.83. The van der Waals surface area contributed by atoms with Crippen molar-refractivity contribution in [3.8, 4) is 0 Å². The Morgan fingerprint density at radius 2 is 2.13 bits per heavy atom. The molecular formula is C18H26N2O3. The molecule has 23 heavy (non-hydrogen) atoms. The molecule has 0 bridgehead atoms. The van der Waals surface area contributed by atoms with E-state index >= 15 is 0 Å². The van der Waals surface area contributed by atoms with Gasteiger partial charge in [-0.25, -0.2) is 0 Å². The zero-order valence-electron chi connectivity index (χ0n) is 14.1. The van der Waals surface area contributed by atoms with Crippen molar-refractivity contribution in [2.24, 2.45) is 5.92 Å². The first-order valence-electron chi connectivity index (χ1n) is 8.24. The Kier molecular flexibility index (Phi) is 5.77. The van der Waals surface area contributed by atoms with E-state index in [0.29, 0.717) is 31.0 Å². The smallest absolute Gasteiger partial charge is 0.253 e. The lowest BCUT2D eigenvalue weighted by atomic mass is 10.0. The Labute approximate surface area is 137 Å². The van der Waals surface area contributed by atoms with E-state index in [4.69, 9.17) is 0 Å². The van der Waals surface area contributed by atoms with Gasteiger partial charge in [0.25, 0.3) is 5.91 Å². The molecule has 1 saturated heterocycles. The van der Waals surface area contributed by atoms with Crippen LogP contribution in [0.1, 0.15) is 49.0 Å². The van der Waals surface area contributed by atoms with E-state index in [1.807, 2.05) is 20.8 Å². The van der Waals surface area contributed by atoms with E-state index in [2.05, 4.69) is 5.32 Å². The highest BCUT2D eigenvalue weighted by Crippen LogP contribution is 2.20. The molecule has 1 heterocycles. The number of hydrogen-bond donors (Lipinski definition) is 2. The fourth-order valence-corrected chi connectivity index (χ4v) is 2.83. The molecule has 1 aliphatic rings. The molecule has 0 saturated carbocycles. The summed E-state index contributed by atoms with van der Waals surface area (Å²) in [6, 6.07) is 5.32. The highest BCUT2D eigenvalue weighted by atomic mass is 16.3. The predicted molar refractivity (Wildman–Crippen MR) is 90.4 cm³/mol. The number of piperidine rings is 1. The molecular weight excluding hydrogens is 292 g/mol. The third-order valence-corrected chi connectivity index (χ3v) is 4.02. The molecule has 1 aromatic rings. The van der Waals surface area contributed by atoms with Crippen LogP contribution in [0.2, 0.25) is 0 Å². The van der Waals surface area contributed by atoms with Gasteiger partial charge in [0.05, 0.1) is 6.10 Å². The normalized spacial score (nSPS) is 18.1. The summed E-state index contributed by atoms with van der Waals surface area (Å²) in [5.41, 5.74) is 2.20. The van der Waals surface area contributed by atoms with Gasteiger partial charge in [-0.1, -0.05) is 13.8 Å². The molecule has 1 aromatic carbocycles. The van der Waals surface area contributed by atoms with Crippen molar-refractivity contribution in [2.75, 3.05) is 18.4 Å². The monoisotopic (exact) mass is 318 g/mol. The van der Waals surface area contributed by atoms with Crippen molar-refractivity contribution in [2.45, 2.75) is 46.1 Å². The minimum atomic E-state index is -0.427. The van der Waals surface area contributed by atoms with Crippen molar-refractivity contribution in [1.29, 1.82) is 0 Å². The zero-order valence-corrected chi connectivity index (χ0v) is 14.1. The van der Waals surface area contributed by atoms with Gasteiger partial charge < -0.3 is 15.3 Å². The van der Waals surface area contributed by atoms with Crippen LogP contribution in [-0.4, -0.2) is 41.0 Å². The topological polar surface area (TPSA) is 69.6 Å². The van der Waals surface area contributed by atoms with Crippen LogP contribution in [0.5, 0.6) is 0 Å². The van der Waals surface area contributed by atoms with Gasteiger partial charge in [-0.15, -0.1) is 0 Å². The van der Waals surface area contributed by atoms with E-state index in [1.165, 1.54) is 0 Å². The van der Waals surface area contributed by atoms with Gasteiger partial charge in [-0.3, -0.25) is 9.59 Å². The summed E-state index contributed by atoms with van der Waals surface area (Å²) in [5.74, 6) is 0.231. The summed E-state index contributed by atoms with van der Waals surface area (Å²) in [7, 11) is 0. The molecule has 2 N–H and O–H groups in total. The van der Waals surface area contributed by atoms with Crippen LogP contribution in [0, 0.1) is 12.8 Å². The molecule has 1 fully saturated rings. The summed E-state index contributed by atoms with van der Waals surface area (Å²) >= 11 is 0. The van der Waals surface area contributed by atoms with Gasteiger partial charge in [0.15, 0.2) is 0 Å². The average molecular weight is 318 g/mol. The van der Waals surface area contributed by atoms with Crippen molar-refractivity contribution in [3.05, 3.63) is 29.3 Å². The molecule has 0 aromatic heterocycles. The van der Waals surface area contributed by atoms with Crippen molar-refractivity contribution < 1.29 is 14.7 Å². The van der Waals surface area contributed by atoms with Crippen LogP contribution >= 0.6 is 0 Å². The third-order valence-electron chi connectivity index (χ3n) is 4.02. The summed E-state index contributed by atoms with van der Waals surface area (Å²) in [4.78, 5) is 26.1. The van der Waals surface area contributed by atoms with Crippen LogP contribution in [-0.2, 0) is 4.79 Å². The first-order chi connectivity index (χ1) is 10.9. The van der Waals surface area contributed by atoms with E-state index in [9.17, 15) is 14.7 Å². The van der Waals surface area contributed by atoms with Crippen molar-refractivity contribution in [1.82, 2.24) is 4.90 Å². The van der Waals surface area contributed by atoms with Gasteiger partial charge in [0, 0.05) is 30.8 Å². The number of anilines is 1. The van der Waals surface area contributed by atoms with Crippen LogP contribution in [0.15, 0.2) is 18.2 Å². The molecule has 0 aliphatic carbocycles. The first-order valence-corrected chi connectivity index (χ1v) is 8.24. The second kappa shape index (κ2) is 7.59. The van der Waals surface area contributed by atoms with Crippen molar-refractivity contribution >= 4 is 17.5 Å². The SMILES string of the molecule is Cc1cc(C(=O)N2CCCC(O)C2)ccc1NC(=O)CC(C)C. The third kappa shape index (κ3) is 4.79. The van der Waals surface area contributed by atoms with Gasteiger partial charge in [-0.2, -0.15) is 0 Å². The van der Waals surface area contributed by atoms with Crippen molar-refractivity contribution in [3.63, 3.8) is 0 Å². The number of hydrogen-bond acceptors (Lipinski definition) is 3. The number of nitrogens with zero attached hydrogens (tertiary/aromatic N) is 1. The number of benzene rings is 1. The van der Waals surface area contributed by atoms with Crippen LogP contribution in [0.4, 0.5) is 5.69 Å². The van der Waals surface area contributed by atoms with Crippen LogP contribution in [0.3, 0.4) is 0 Å². The summed E-state index contributed by atoms with van der Waals surface area (Å²) in [6.07, 6.45) is 1.63. The first kappa shape index (κ1) is 17.5. The number of nitrogens with one attached hydrogen (secondary N) is 1. The molecule has 5 nitrogen and oxygen atoms in total. The Morgan fingerprint density at radius 3 is 2.74 bits per heavy atom. The number of carbonyl (C=O) groups is 2. The standard InChI is InChI=1S/C18H26N2O3/c1-12(2)9-17(22)19-16-7-6-14(10-13(16)3)18(23)20-8-4-5-15(21)11-20/h6-7,10,12,15,21H,4-5,8-9,11H2,1-3H3,(H,19,22). The Balaban J connectivity index is 2.06. The molecule has 1 atom stereocenters. The highest BCUT2D eigenvalue weighted by Gasteiger charge is 2.23. The summed E-state index contributed by atoms with van der Waals surface area (Å²) < 4.78 is 0. The Bertz CT molecular complexity index is 584. The maximum Gasteiger partial charge on any atom is 0.253 e. The molecule has 1 aliphatic heterocycles. The Hall–Kier alpha value is -1.88. The van der Waals surface area contributed by atoms with Gasteiger partial charge in [0.2, 0.25) is 5.91 Å². The summed E-state index contributed by atoms with van der Waals surface area (Å²) in [5, 5.41) is 12.6. The molecule has 5 heteroatoms. The minimum Gasteiger partial charge on any atom is -0.391 e. The lowest BCUT2D eigenvalue weighted by Crippen LogP contribution is -2.42. The number of rotatable bonds is 4. The molecule has 0 spiro atoms. The quantitative estimate of drug-likeness (QED) is 0.896. The largest absolute Gasteiger partial charge is 0.391 e. The summed E-state index contributed by atoms with van der Waals surface area (Å²) in [6.45, 7) is 6.96. The molecule has 1 unspecified atom stereocenters. The lowest BCUT2D eigenvalue weighted by molar-refractivity contribution is -0.116. The maximum atomic E-state index is 12.5. The van der Waals surface area contributed by atoms with E-state index < -0.39 is 6.10 Å². The number of β-amino-alcohol motifs (C(OH)–C–C–N with tert-alkyl or cyclic N) is 1. The number of carbonyl (C=O) groups excluding carboxylic acids is 2. The second-order valence-electron chi connectivity index (χ2n) is 6.72. The number of amides is 2. The second-order valence-corrected chi connectivity index (χ2v) is 6.72.